The molecule has 0 bridgehead atoms. The Morgan fingerprint density at radius 3 is 2.71 bits per heavy atom. The van der Waals surface area contributed by atoms with Crippen LogP contribution in [0, 0.1) is 6.92 Å². The summed E-state index contributed by atoms with van der Waals surface area (Å²) in [5, 5.41) is 5.80. The van der Waals surface area contributed by atoms with E-state index in [2.05, 4.69) is 47.7 Å². The molecule has 0 saturated carbocycles. The lowest BCUT2D eigenvalue weighted by Gasteiger charge is -2.39. The van der Waals surface area contributed by atoms with Crippen LogP contribution in [-0.2, 0) is 5.41 Å². The van der Waals surface area contributed by atoms with E-state index in [-0.39, 0.29) is 17.5 Å². The number of nitrogens with zero attached hydrogens (tertiary/aromatic N) is 1. The molecule has 0 radical (unpaired) electrons. The third kappa shape index (κ3) is 2.53. The van der Waals surface area contributed by atoms with Gasteiger partial charge in [-0.3, -0.25) is 0 Å². The topological polar surface area (TPSA) is 44.4 Å². The minimum atomic E-state index is -0.0866. The van der Waals surface area contributed by atoms with Crippen molar-refractivity contribution in [3.8, 4) is 0 Å². The van der Waals surface area contributed by atoms with Gasteiger partial charge in [0.25, 0.3) is 0 Å². The monoisotopic (exact) mass is 287 g/mol. The summed E-state index contributed by atoms with van der Waals surface area (Å²) in [5.41, 5.74) is 4.35. The van der Waals surface area contributed by atoms with Gasteiger partial charge < -0.3 is 15.5 Å². The first-order chi connectivity index (χ1) is 10.0. The molecule has 1 aromatic carbocycles. The summed E-state index contributed by atoms with van der Waals surface area (Å²) < 4.78 is 0. The number of piperidine rings is 1. The maximum atomic E-state index is 11.7. The van der Waals surface area contributed by atoms with Gasteiger partial charge in [-0.2, -0.15) is 0 Å². The van der Waals surface area contributed by atoms with Crippen LogP contribution in [0.1, 0.15) is 42.0 Å². The molecule has 1 aliphatic heterocycles. The van der Waals surface area contributed by atoms with Crippen LogP contribution in [0.5, 0.6) is 0 Å². The summed E-state index contributed by atoms with van der Waals surface area (Å²) >= 11 is 0. The highest BCUT2D eigenvalue weighted by Gasteiger charge is 2.45. The lowest BCUT2D eigenvalue weighted by atomic mass is 9.73. The minimum absolute atomic E-state index is 0.0866. The van der Waals surface area contributed by atoms with E-state index in [9.17, 15) is 4.79 Å². The fraction of sp³-hybridized carbons (Fsp3) is 0.588. The van der Waals surface area contributed by atoms with E-state index in [4.69, 9.17) is 0 Å². The molecule has 0 unspecified atom stereocenters. The highest BCUT2D eigenvalue weighted by Crippen LogP contribution is 2.50. The Morgan fingerprint density at radius 2 is 2.05 bits per heavy atom. The van der Waals surface area contributed by atoms with Gasteiger partial charge in [-0.25, -0.2) is 4.79 Å². The van der Waals surface area contributed by atoms with Crippen molar-refractivity contribution in [1.29, 1.82) is 0 Å². The van der Waals surface area contributed by atoms with E-state index in [1.807, 2.05) is 0 Å². The Balaban J connectivity index is 1.94. The quantitative estimate of drug-likeness (QED) is 0.832. The van der Waals surface area contributed by atoms with Gasteiger partial charge in [-0.15, -0.1) is 0 Å². The first-order valence-electron chi connectivity index (χ1n) is 7.82. The van der Waals surface area contributed by atoms with Gasteiger partial charge in [0.15, 0.2) is 0 Å². The minimum Gasteiger partial charge on any atom is -0.341 e. The number of hydrogen-bond acceptors (Lipinski definition) is 2. The number of carbonyl (C=O) groups excluding carboxylic acids is 1. The molecule has 4 heteroatoms. The van der Waals surface area contributed by atoms with Crippen molar-refractivity contribution >= 4 is 6.03 Å². The number of aryl methyl sites for hydroxylation is 1. The molecule has 4 nitrogen and oxygen atoms in total. The number of hydrogen-bond donors (Lipinski definition) is 2. The highest BCUT2D eigenvalue weighted by atomic mass is 16.2. The predicted molar refractivity (Wildman–Crippen MR) is 84.5 cm³/mol. The summed E-state index contributed by atoms with van der Waals surface area (Å²) in [5.74, 6) is 0. The molecule has 1 fully saturated rings. The van der Waals surface area contributed by atoms with Gasteiger partial charge in [0.2, 0.25) is 0 Å². The summed E-state index contributed by atoms with van der Waals surface area (Å²) in [6, 6.07) is 6.76. The van der Waals surface area contributed by atoms with Crippen molar-refractivity contribution in [2.45, 2.75) is 37.6 Å². The second-order valence-electron chi connectivity index (χ2n) is 6.65. The molecule has 2 amide bonds. The van der Waals surface area contributed by atoms with E-state index in [0.29, 0.717) is 0 Å². The van der Waals surface area contributed by atoms with Crippen LogP contribution in [-0.4, -0.2) is 38.1 Å². The van der Waals surface area contributed by atoms with Gasteiger partial charge >= 0.3 is 6.03 Å². The van der Waals surface area contributed by atoms with Gasteiger partial charge in [0.1, 0.15) is 0 Å². The van der Waals surface area contributed by atoms with Crippen molar-refractivity contribution in [2.75, 3.05) is 27.2 Å². The maximum Gasteiger partial charge on any atom is 0.315 e. The van der Waals surface area contributed by atoms with Crippen LogP contribution in [0.2, 0.25) is 0 Å². The van der Waals surface area contributed by atoms with Gasteiger partial charge in [0.05, 0.1) is 6.04 Å². The van der Waals surface area contributed by atoms with Crippen LogP contribution >= 0.6 is 0 Å². The van der Waals surface area contributed by atoms with E-state index in [0.717, 1.165) is 19.5 Å². The molecule has 2 N–H and O–H groups in total. The van der Waals surface area contributed by atoms with Crippen LogP contribution in [0.15, 0.2) is 18.2 Å². The Bertz CT molecular complexity index is 547. The van der Waals surface area contributed by atoms with E-state index < -0.39 is 0 Å². The molecule has 0 aromatic heterocycles. The van der Waals surface area contributed by atoms with Crippen LogP contribution in [0.4, 0.5) is 4.79 Å². The zero-order valence-electron chi connectivity index (χ0n) is 13.2. The summed E-state index contributed by atoms with van der Waals surface area (Å²) in [6.45, 7) is 4.43. The number of likely N-dealkylation sites (tertiary alicyclic amines) is 1. The number of amides is 2. The molecule has 1 aromatic rings. The number of rotatable bonds is 1. The molecule has 1 saturated heterocycles. The summed E-state index contributed by atoms with van der Waals surface area (Å²) in [6.07, 6.45) is 3.41. The van der Waals surface area contributed by atoms with Crippen molar-refractivity contribution in [3.63, 3.8) is 0 Å². The molecule has 1 aliphatic carbocycles. The first kappa shape index (κ1) is 14.4. The molecule has 1 spiro atoms. The fourth-order valence-electron chi connectivity index (χ4n) is 3.92. The normalized spacial score (nSPS) is 23.9. The van der Waals surface area contributed by atoms with Crippen molar-refractivity contribution in [3.05, 3.63) is 34.9 Å². The Kier molecular flexibility index (Phi) is 3.66. The SMILES string of the molecule is CNC(=O)N[C@H]1CC2(CCN(C)CC2)c2cc(C)ccc21. The predicted octanol–water partition coefficient (Wildman–Crippen LogP) is 2.33. The molecule has 21 heavy (non-hydrogen) atoms. The second kappa shape index (κ2) is 5.34. The zero-order chi connectivity index (χ0) is 15.0. The van der Waals surface area contributed by atoms with E-state index in [1.165, 1.54) is 29.5 Å². The van der Waals surface area contributed by atoms with Crippen molar-refractivity contribution < 1.29 is 4.79 Å². The van der Waals surface area contributed by atoms with Crippen LogP contribution < -0.4 is 10.6 Å². The van der Waals surface area contributed by atoms with Gasteiger partial charge in [0, 0.05) is 12.5 Å². The summed E-state index contributed by atoms with van der Waals surface area (Å²) in [7, 11) is 3.87. The molecule has 1 heterocycles. The Hall–Kier alpha value is -1.55. The molecule has 1 atom stereocenters. The Morgan fingerprint density at radius 1 is 1.33 bits per heavy atom. The standard InChI is InChI=1S/C17H25N3O/c1-12-4-5-13-14(10-12)17(6-8-20(3)9-7-17)11-15(13)19-16(21)18-2/h4-5,10,15H,6-9,11H2,1-3H3,(H2,18,19,21)/t15-/m0/s1. The lowest BCUT2D eigenvalue weighted by Crippen LogP contribution is -2.41. The smallest absolute Gasteiger partial charge is 0.315 e. The fourth-order valence-corrected chi connectivity index (χ4v) is 3.92. The molecule has 3 rings (SSSR count). The van der Waals surface area contributed by atoms with E-state index >= 15 is 0 Å². The highest BCUT2D eigenvalue weighted by molar-refractivity contribution is 5.74. The average molecular weight is 287 g/mol. The number of carbonyl (C=O) groups is 1. The van der Waals surface area contributed by atoms with Crippen molar-refractivity contribution in [2.24, 2.45) is 0 Å². The third-order valence-electron chi connectivity index (χ3n) is 5.23. The largest absolute Gasteiger partial charge is 0.341 e. The maximum absolute atomic E-state index is 11.7. The number of nitrogens with one attached hydrogen (secondary N) is 2. The van der Waals surface area contributed by atoms with Crippen molar-refractivity contribution in [1.82, 2.24) is 15.5 Å². The molecule has 2 aliphatic rings. The molecule has 114 valence electrons. The third-order valence-corrected chi connectivity index (χ3v) is 5.23. The van der Waals surface area contributed by atoms with Gasteiger partial charge in [-0.1, -0.05) is 23.8 Å². The zero-order valence-corrected chi connectivity index (χ0v) is 13.2. The van der Waals surface area contributed by atoms with Crippen LogP contribution in [0.25, 0.3) is 0 Å². The van der Waals surface area contributed by atoms with Gasteiger partial charge in [-0.05, 0) is 57.5 Å². The average Bonchev–Trinajstić information content (AvgIpc) is 2.76. The first-order valence-corrected chi connectivity index (χ1v) is 7.82. The second-order valence-corrected chi connectivity index (χ2v) is 6.65. The molecular weight excluding hydrogens is 262 g/mol. The number of urea groups is 1. The lowest BCUT2D eigenvalue weighted by molar-refractivity contribution is 0.178. The number of fused-ring (bicyclic) bond motifs is 2. The number of benzene rings is 1. The molecular formula is C17H25N3O. The van der Waals surface area contributed by atoms with Crippen LogP contribution in [0.3, 0.4) is 0 Å². The van der Waals surface area contributed by atoms with E-state index in [1.54, 1.807) is 7.05 Å². The summed E-state index contributed by atoms with van der Waals surface area (Å²) in [4.78, 5) is 14.1. The Labute approximate surface area is 126 Å².